The fourth-order valence-corrected chi connectivity index (χ4v) is 2.97. The van der Waals surface area contributed by atoms with Crippen LogP contribution in [0.25, 0.3) is 0 Å². The lowest BCUT2D eigenvalue weighted by Crippen LogP contribution is -2.43. The van der Waals surface area contributed by atoms with Crippen LogP contribution >= 0.6 is 0 Å². The summed E-state index contributed by atoms with van der Waals surface area (Å²) in [5.41, 5.74) is 2.12. The van der Waals surface area contributed by atoms with Gasteiger partial charge in [-0.2, -0.15) is 0 Å². The van der Waals surface area contributed by atoms with Crippen molar-refractivity contribution in [2.45, 2.75) is 58.0 Å². The number of benzene rings is 1. The van der Waals surface area contributed by atoms with E-state index in [2.05, 4.69) is 60.7 Å². The number of nitrogens with one attached hydrogen (secondary N) is 2. The van der Waals surface area contributed by atoms with Crippen molar-refractivity contribution in [3.05, 3.63) is 35.4 Å². The topological polar surface area (TPSA) is 65.9 Å². The minimum atomic E-state index is -0.733. The Hall–Kier alpha value is -1.59. The van der Waals surface area contributed by atoms with Gasteiger partial charge in [0.25, 0.3) is 0 Å². The molecule has 1 aromatic carbocycles. The molecule has 0 atom stereocenters. The third kappa shape index (κ3) is 6.61. The number of hydrogen-bond donors (Lipinski definition) is 3. The molecule has 5 heteroatoms. The highest BCUT2D eigenvalue weighted by Crippen LogP contribution is 2.22. The zero-order chi connectivity index (χ0) is 19.0. The molecule has 0 amide bonds. The fraction of sp³-hybridized carbons (Fsp3) is 0.667. The van der Waals surface area contributed by atoms with E-state index in [4.69, 9.17) is 4.74 Å². The first-order valence-electron chi connectivity index (χ1n) is 9.74. The SMILES string of the molecule is CCNC(=NCC1(O)CCOCC1)NCCc1ccc(C(C)(C)C)cc1. The van der Waals surface area contributed by atoms with Gasteiger partial charge in [-0.25, -0.2) is 0 Å². The van der Waals surface area contributed by atoms with Gasteiger partial charge in [0.15, 0.2) is 5.96 Å². The zero-order valence-electron chi connectivity index (χ0n) is 16.8. The van der Waals surface area contributed by atoms with Crippen molar-refractivity contribution < 1.29 is 9.84 Å². The van der Waals surface area contributed by atoms with Crippen LogP contribution in [0.3, 0.4) is 0 Å². The van der Waals surface area contributed by atoms with E-state index in [1.165, 1.54) is 11.1 Å². The average molecular weight is 362 g/mol. The van der Waals surface area contributed by atoms with Crippen LogP contribution in [0, 0.1) is 0 Å². The van der Waals surface area contributed by atoms with Crippen LogP contribution < -0.4 is 10.6 Å². The molecule has 0 aromatic heterocycles. The van der Waals surface area contributed by atoms with Gasteiger partial charge in [0.05, 0.1) is 12.1 Å². The summed E-state index contributed by atoms with van der Waals surface area (Å²) in [6.45, 7) is 12.0. The Balaban J connectivity index is 1.85. The molecule has 0 radical (unpaired) electrons. The molecule has 0 saturated carbocycles. The molecule has 2 rings (SSSR count). The summed E-state index contributed by atoms with van der Waals surface area (Å²) in [6.07, 6.45) is 2.24. The highest BCUT2D eigenvalue weighted by molar-refractivity contribution is 5.79. The van der Waals surface area contributed by atoms with E-state index in [0.29, 0.717) is 32.6 Å². The first-order valence-corrected chi connectivity index (χ1v) is 9.74. The van der Waals surface area contributed by atoms with Gasteiger partial charge in [0.2, 0.25) is 0 Å². The quantitative estimate of drug-likeness (QED) is 0.538. The van der Waals surface area contributed by atoms with Gasteiger partial charge in [-0.15, -0.1) is 0 Å². The largest absolute Gasteiger partial charge is 0.388 e. The molecule has 1 heterocycles. The molecule has 0 spiro atoms. The molecule has 146 valence electrons. The molecule has 0 bridgehead atoms. The Morgan fingerprint density at radius 2 is 1.81 bits per heavy atom. The fourth-order valence-electron chi connectivity index (χ4n) is 2.97. The molecular formula is C21H35N3O2. The Kier molecular flexibility index (Phi) is 7.47. The molecule has 1 aromatic rings. The molecular weight excluding hydrogens is 326 g/mol. The molecule has 1 fully saturated rings. The van der Waals surface area contributed by atoms with Gasteiger partial charge >= 0.3 is 0 Å². The van der Waals surface area contributed by atoms with Gasteiger partial charge in [-0.05, 0) is 29.9 Å². The predicted molar refractivity (Wildman–Crippen MR) is 108 cm³/mol. The van der Waals surface area contributed by atoms with Crippen molar-refractivity contribution in [1.29, 1.82) is 0 Å². The first kappa shape index (κ1) is 20.7. The smallest absolute Gasteiger partial charge is 0.191 e. The third-order valence-electron chi connectivity index (χ3n) is 4.83. The highest BCUT2D eigenvalue weighted by Gasteiger charge is 2.29. The van der Waals surface area contributed by atoms with E-state index in [-0.39, 0.29) is 5.41 Å². The zero-order valence-corrected chi connectivity index (χ0v) is 16.8. The summed E-state index contributed by atoms with van der Waals surface area (Å²) < 4.78 is 5.32. The second kappa shape index (κ2) is 9.38. The van der Waals surface area contributed by atoms with E-state index in [9.17, 15) is 5.11 Å². The maximum absolute atomic E-state index is 10.5. The van der Waals surface area contributed by atoms with Gasteiger partial charge in [0.1, 0.15) is 0 Å². The predicted octanol–water partition coefficient (Wildman–Crippen LogP) is 2.62. The van der Waals surface area contributed by atoms with Crippen molar-refractivity contribution in [1.82, 2.24) is 10.6 Å². The van der Waals surface area contributed by atoms with Gasteiger partial charge in [-0.3, -0.25) is 4.99 Å². The van der Waals surface area contributed by atoms with Crippen molar-refractivity contribution >= 4 is 5.96 Å². The maximum atomic E-state index is 10.5. The van der Waals surface area contributed by atoms with Crippen molar-refractivity contribution in [3.8, 4) is 0 Å². The van der Waals surface area contributed by atoms with E-state index < -0.39 is 5.60 Å². The van der Waals surface area contributed by atoms with Crippen molar-refractivity contribution in [2.24, 2.45) is 4.99 Å². The minimum absolute atomic E-state index is 0.187. The van der Waals surface area contributed by atoms with Gasteiger partial charge < -0.3 is 20.5 Å². The summed E-state index contributed by atoms with van der Waals surface area (Å²) in [4.78, 5) is 4.58. The number of nitrogens with zero attached hydrogens (tertiary/aromatic N) is 1. The number of aliphatic imine (C=N–C) groups is 1. The normalized spacial score (nSPS) is 17.8. The van der Waals surface area contributed by atoms with E-state index in [1.54, 1.807) is 0 Å². The van der Waals surface area contributed by atoms with E-state index in [0.717, 1.165) is 25.5 Å². The van der Waals surface area contributed by atoms with Crippen LogP contribution in [0.2, 0.25) is 0 Å². The van der Waals surface area contributed by atoms with Crippen molar-refractivity contribution in [2.75, 3.05) is 32.8 Å². The van der Waals surface area contributed by atoms with E-state index in [1.807, 2.05) is 6.92 Å². The monoisotopic (exact) mass is 361 g/mol. The minimum Gasteiger partial charge on any atom is -0.388 e. The average Bonchev–Trinajstić information content (AvgIpc) is 2.60. The van der Waals surface area contributed by atoms with Gasteiger partial charge in [0, 0.05) is 39.1 Å². The molecule has 0 unspecified atom stereocenters. The second-order valence-electron chi connectivity index (χ2n) is 8.16. The Morgan fingerprint density at radius 1 is 1.15 bits per heavy atom. The van der Waals surface area contributed by atoms with Crippen LogP contribution in [-0.4, -0.2) is 49.5 Å². The molecule has 26 heavy (non-hydrogen) atoms. The second-order valence-corrected chi connectivity index (χ2v) is 8.16. The van der Waals surface area contributed by atoms with E-state index >= 15 is 0 Å². The molecule has 0 aliphatic carbocycles. The number of hydrogen-bond acceptors (Lipinski definition) is 3. The van der Waals surface area contributed by atoms with Crippen molar-refractivity contribution in [3.63, 3.8) is 0 Å². The van der Waals surface area contributed by atoms with Crippen LogP contribution in [0.4, 0.5) is 0 Å². The number of guanidine groups is 1. The summed E-state index contributed by atoms with van der Waals surface area (Å²) in [5.74, 6) is 0.763. The van der Waals surface area contributed by atoms with Gasteiger partial charge in [-0.1, -0.05) is 45.0 Å². The van der Waals surface area contributed by atoms with Crippen LogP contribution in [0.5, 0.6) is 0 Å². The molecule has 1 aliphatic rings. The van der Waals surface area contributed by atoms with Crippen LogP contribution in [0.1, 0.15) is 51.7 Å². The summed E-state index contributed by atoms with van der Waals surface area (Å²) in [5, 5.41) is 17.2. The Morgan fingerprint density at radius 3 is 2.38 bits per heavy atom. The lowest BCUT2D eigenvalue weighted by molar-refractivity contribution is -0.0565. The van der Waals surface area contributed by atoms with Crippen LogP contribution in [-0.2, 0) is 16.6 Å². The van der Waals surface area contributed by atoms with Crippen LogP contribution in [0.15, 0.2) is 29.3 Å². The maximum Gasteiger partial charge on any atom is 0.191 e. The Bertz CT molecular complexity index is 570. The molecule has 1 aliphatic heterocycles. The first-order chi connectivity index (χ1) is 12.3. The summed E-state index contributed by atoms with van der Waals surface area (Å²) in [6, 6.07) is 8.85. The summed E-state index contributed by atoms with van der Waals surface area (Å²) in [7, 11) is 0. The lowest BCUT2D eigenvalue weighted by Gasteiger charge is -2.30. The standard InChI is InChI=1S/C21H35N3O2/c1-5-22-19(24-16-21(25)11-14-26-15-12-21)23-13-10-17-6-8-18(9-7-17)20(2,3)4/h6-9,25H,5,10-16H2,1-4H3,(H2,22,23,24). The molecule has 1 saturated heterocycles. The number of rotatable bonds is 6. The lowest BCUT2D eigenvalue weighted by atomic mass is 9.86. The highest BCUT2D eigenvalue weighted by atomic mass is 16.5. The third-order valence-corrected chi connectivity index (χ3v) is 4.83. The summed E-state index contributed by atoms with van der Waals surface area (Å²) >= 11 is 0. The number of aliphatic hydroxyl groups is 1. The molecule has 5 nitrogen and oxygen atoms in total. The Labute approximate surface area is 158 Å². The molecule has 3 N–H and O–H groups in total. The number of ether oxygens (including phenoxy) is 1.